The number of rotatable bonds is 7. The third-order valence-corrected chi connectivity index (χ3v) is 4.73. The van der Waals surface area contributed by atoms with Gasteiger partial charge in [-0.15, -0.1) is 0 Å². The maximum Gasteiger partial charge on any atom is 0.251 e. The zero-order valence-electron chi connectivity index (χ0n) is 15.7. The number of carbonyl (C=O) groups is 1. The maximum absolute atomic E-state index is 12.5. The van der Waals surface area contributed by atoms with E-state index in [9.17, 15) is 4.79 Å². The van der Waals surface area contributed by atoms with Crippen LogP contribution in [0.25, 0.3) is 33.2 Å². The number of hydrogen-bond acceptors (Lipinski definition) is 4. The van der Waals surface area contributed by atoms with E-state index < -0.39 is 0 Å². The number of unbranched alkanes of at least 4 members (excludes halogenated alkanes) is 1. The summed E-state index contributed by atoms with van der Waals surface area (Å²) in [6.07, 6.45) is 1.81. The largest absolute Gasteiger partial charge is 0.385 e. The van der Waals surface area contributed by atoms with Crippen LogP contribution in [0.5, 0.6) is 0 Å². The minimum atomic E-state index is -0.0852. The molecule has 0 radical (unpaired) electrons. The molecule has 2 aromatic heterocycles. The molecule has 28 heavy (non-hydrogen) atoms. The number of methoxy groups -OCH3 is 1. The zero-order valence-corrected chi connectivity index (χ0v) is 15.7. The van der Waals surface area contributed by atoms with Gasteiger partial charge in [-0.2, -0.15) is 5.10 Å². The van der Waals surface area contributed by atoms with Crippen molar-refractivity contribution >= 4 is 27.7 Å². The molecule has 0 aliphatic carbocycles. The molecule has 0 aliphatic rings. The quantitative estimate of drug-likeness (QED) is 0.480. The second kappa shape index (κ2) is 8.19. The lowest BCUT2D eigenvalue weighted by molar-refractivity contribution is 0.0951. The fourth-order valence-electron chi connectivity index (χ4n) is 3.22. The Labute approximate surface area is 162 Å². The van der Waals surface area contributed by atoms with Crippen molar-refractivity contribution < 1.29 is 9.53 Å². The Morgan fingerprint density at radius 3 is 2.89 bits per heavy atom. The molecule has 0 bridgehead atoms. The van der Waals surface area contributed by atoms with Gasteiger partial charge in [0, 0.05) is 36.6 Å². The zero-order chi connectivity index (χ0) is 19.3. The molecule has 0 saturated carbocycles. The highest BCUT2D eigenvalue weighted by atomic mass is 16.5. The van der Waals surface area contributed by atoms with Crippen molar-refractivity contribution in [3.63, 3.8) is 0 Å². The van der Waals surface area contributed by atoms with Crippen molar-refractivity contribution in [2.24, 2.45) is 0 Å². The summed E-state index contributed by atoms with van der Waals surface area (Å²) >= 11 is 0. The highest BCUT2D eigenvalue weighted by Crippen LogP contribution is 2.27. The van der Waals surface area contributed by atoms with Crippen LogP contribution in [0, 0.1) is 0 Å². The highest BCUT2D eigenvalue weighted by Gasteiger charge is 2.13. The van der Waals surface area contributed by atoms with Crippen LogP contribution in [-0.2, 0) is 4.74 Å². The van der Waals surface area contributed by atoms with Crippen LogP contribution >= 0.6 is 0 Å². The second-order valence-electron chi connectivity index (χ2n) is 6.68. The lowest BCUT2D eigenvalue weighted by atomic mass is 10.1. The Hall–Kier alpha value is -3.25. The number of carbonyl (C=O) groups excluding carboxylic acids is 1. The summed E-state index contributed by atoms with van der Waals surface area (Å²) in [4.78, 5) is 17.2. The Bertz CT molecular complexity index is 1120. The molecule has 2 aromatic carbocycles. The maximum atomic E-state index is 12.5. The van der Waals surface area contributed by atoms with Gasteiger partial charge in [-0.1, -0.05) is 24.3 Å². The van der Waals surface area contributed by atoms with E-state index >= 15 is 0 Å². The van der Waals surface area contributed by atoms with Crippen molar-refractivity contribution in [3.8, 4) is 11.4 Å². The molecule has 0 unspecified atom stereocenters. The Balaban J connectivity index is 1.59. The number of aromatic nitrogens is 3. The fraction of sp³-hybridized carbons (Fsp3) is 0.227. The number of nitrogens with zero attached hydrogens (tertiary/aromatic N) is 2. The van der Waals surface area contributed by atoms with Gasteiger partial charge in [-0.05, 0) is 43.2 Å². The van der Waals surface area contributed by atoms with Crippen molar-refractivity contribution in [2.75, 3.05) is 20.3 Å². The molecular weight excluding hydrogens is 352 g/mol. The summed E-state index contributed by atoms with van der Waals surface area (Å²) < 4.78 is 5.03. The monoisotopic (exact) mass is 374 g/mol. The van der Waals surface area contributed by atoms with Gasteiger partial charge in [0.15, 0.2) is 0 Å². The minimum absolute atomic E-state index is 0.0852. The number of para-hydroxylation sites is 1. The topological polar surface area (TPSA) is 79.9 Å². The van der Waals surface area contributed by atoms with Crippen molar-refractivity contribution in [1.29, 1.82) is 0 Å². The van der Waals surface area contributed by atoms with Crippen LogP contribution < -0.4 is 5.32 Å². The lowest BCUT2D eigenvalue weighted by Crippen LogP contribution is -2.24. The SMILES string of the molecule is COCCCCNC(=O)c1ccc2[nH]nc(-c3ccc4ccccc4n3)c2c1. The van der Waals surface area contributed by atoms with E-state index in [4.69, 9.17) is 9.72 Å². The van der Waals surface area contributed by atoms with Gasteiger partial charge < -0.3 is 10.1 Å². The Kier molecular flexibility index (Phi) is 5.30. The summed E-state index contributed by atoms with van der Waals surface area (Å²) in [7, 11) is 1.68. The first-order valence-corrected chi connectivity index (χ1v) is 9.38. The number of hydrogen-bond donors (Lipinski definition) is 2. The summed E-state index contributed by atoms with van der Waals surface area (Å²) in [5, 5.41) is 12.4. The molecule has 0 aliphatic heterocycles. The van der Waals surface area contributed by atoms with Crippen molar-refractivity contribution in [1.82, 2.24) is 20.5 Å². The number of ether oxygens (including phenoxy) is 1. The third-order valence-electron chi connectivity index (χ3n) is 4.73. The fourth-order valence-corrected chi connectivity index (χ4v) is 3.22. The number of nitrogens with one attached hydrogen (secondary N) is 2. The normalized spacial score (nSPS) is 11.2. The number of pyridine rings is 1. The molecule has 142 valence electrons. The molecular formula is C22H22N4O2. The predicted molar refractivity (Wildman–Crippen MR) is 110 cm³/mol. The van der Waals surface area contributed by atoms with Crippen LogP contribution in [0.1, 0.15) is 23.2 Å². The van der Waals surface area contributed by atoms with Gasteiger partial charge in [0.25, 0.3) is 5.91 Å². The van der Waals surface area contributed by atoms with Gasteiger partial charge in [0.2, 0.25) is 0 Å². The standard InChI is InChI=1S/C22H22N4O2/c1-28-13-5-4-12-23-22(27)16-9-10-19-17(14-16)21(26-25-19)20-11-8-15-6-2-3-7-18(15)24-20/h2-3,6-11,14H,4-5,12-13H2,1H3,(H,23,27)(H,25,26). The number of benzene rings is 2. The first-order valence-electron chi connectivity index (χ1n) is 9.38. The van der Waals surface area contributed by atoms with Crippen LogP contribution in [0.2, 0.25) is 0 Å². The molecule has 2 N–H and O–H groups in total. The van der Waals surface area contributed by atoms with Crippen LogP contribution in [-0.4, -0.2) is 41.3 Å². The van der Waals surface area contributed by atoms with E-state index in [-0.39, 0.29) is 5.91 Å². The highest BCUT2D eigenvalue weighted by molar-refractivity contribution is 6.01. The Morgan fingerprint density at radius 2 is 2.00 bits per heavy atom. The van der Waals surface area contributed by atoms with Gasteiger partial charge in [0.05, 0.1) is 16.7 Å². The van der Waals surface area contributed by atoms with Crippen LogP contribution in [0.3, 0.4) is 0 Å². The van der Waals surface area contributed by atoms with Gasteiger partial charge in [0.1, 0.15) is 5.69 Å². The smallest absolute Gasteiger partial charge is 0.251 e. The van der Waals surface area contributed by atoms with Gasteiger partial charge >= 0.3 is 0 Å². The predicted octanol–water partition coefficient (Wildman–Crippen LogP) is 3.93. The van der Waals surface area contributed by atoms with E-state index in [1.54, 1.807) is 7.11 Å². The summed E-state index contributed by atoms with van der Waals surface area (Å²) in [5.74, 6) is -0.0852. The molecule has 0 spiro atoms. The first-order chi connectivity index (χ1) is 13.8. The van der Waals surface area contributed by atoms with E-state index in [1.807, 2.05) is 54.6 Å². The molecule has 0 atom stereocenters. The molecule has 0 fully saturated rings. The van der Waals surface area contributed by atoms with Gasteiger partial charge in [-0.3, -0.25) is 9.89 Å². The lowest BCUT2D eigenvalue weighted by Gasteiger charge is -2.06. The second-order valence-corrected chi connectivity index (χ2v) is 6.68. The molecule has 1 amide bonds. The van der Waals surface area contributed by atoms with Crippen LogP contribution in [0.15, 0.2) is 54.6 Å². The average molecular weight is 374 g/mol. The van der Waals surface area contributed by atoms with Crippen molar-refractivity contribution in [2.45, 2.75) is 12.8 Å². The molecule has 4 aromatic rings. The minimum Gasteiger partial charge on any atom is -0.385 e. The number of amides is 1. The first kappa shape index (κ1) is 18.1. The van der Waals surface area contributed by atoms with Crippen LogP contribution in [0.4, 0.5) is 0 Å². The average Bonchev–Trinajstić information content (AvgIpc) is 3.16. The van der Waals surface area contributed by atoms with E-state index in [2.05, 4.69) is 15.5 Å². The molecule has 0 saturated heterocycles. The summed E-state index contributed by atoms with van der Waals surface area (Å²) in [6, 6.07) is 17.5. The van der Waals surface area contributed by atoms with E-state index in [1.165, 1.54) is 0 Å². The number of aromatic amines is 1. The Morgan fingerprint density at radius 1 is 1.11 bits per heavy atom. The van der Waals surface area contributed by atoms with Crippen molar-refractivity contribution in [3.05, 3.63) is 60.2 Å². The van der Waals surface area contributed by atoms with E-state index in [0.29, 0.717) is 18.7 Å². The molecule has 4 rings (SSSR count). The summed E-state index contributed by atoms with van der Waals surface area (Å²) in [6.45, 7) is 1.34. The van der Waals surface area contributed by atoms with Gasteiger partial charge in [-0.25, -0.2) is 4.98 Å². The molecule has 2 heterocycles. The third kappa shape index (κ3) is 3.73. The summed E-state index contributed by atoms with van der Waals surface area (Å²) in [5.41, 5.74) is 3.93. The number of fused-ring (bicyclic) bond motifs is 2. The molecule has 6 heteroatoms. The molecule has 6 nitrogen and oxygen atoms in total. The number of H-pyrrole nitrogens is 1. The van der Waals surface area contributed by atoms with E-state index in [0.717, 1.165) is 46.0 Å².